The molecule has 1 aromatic heterocycles. The first-order valence-corrected chi connectivity index (χ1v) is 8.06. The van der Waals surface area contributed by atoms with Gasteiger partial charge in [0.05, 0.1) is 19.6 Å². The average molecular weight is 319 g/mol. The van der Waals surface area contributed by atoms with Crippen LogP contribution < -0.4 is 4.57 Å². The van der Waals surface area contributed by atoms with Crippen LogP contribution in [0.2, 0.25) is 0 Å². The number of rotatable bonds is 3. The van der Waals surface area contributed by atoms with E-state index in [1.54, 1.807) is 19.3 Å². The van der Waals surface area contributed by atoms with Crippen molar-refractivity contribution < 1.29 is 23.6 Å². The van der Waals surface area contributed by atoms with Crippen molar-refractivity contribution in [2.45, 2.75) is 37.8 Å². The van der Waals surface area contributed by atoms with E-state index in [1.807, 2.05) is 12.1 Å². The fourth-order valence-electron chi connectivity index (χ4n) is 4.21. The summed E-state index contributed by atoms with van der Waals surface area (Å²) in [6.07, 6.45) is 5.13. The van der Waals surface area contributed by atoms with Crippen molar-refractivity contribution in [3.05, 3.63) is 30.1 Å². The van der Waals surface area contributed by atoms with Gasteiger partial charge in [0.1, 0.15) is 0 Å². The molecule has 0 N–H and O–H groups in total. The van der Waals surface area contributed by atoms with Gasteiger partial charge in [0.25, 0.3) is 0 Å². The molecular weight excluding hydrogens is 296 g/mol. The van der Waals surface area contributed by atoms with Crippen molar-refractivity contribution >= 4 is 12.1 Å². The molecule has 3 heterocycles. The number of pyridine rings is 1. The summed E-state index contributed by atoms with van der Waals surface area (Å²) in [7, 11) is 3.51. The van der Waals surface area contributed by atoms with Gasteiger partial charge in [-0.3, -0.25) is 9.69 Å². The molecule has 23 heavy (non-hydrogen) atoms. The van der Waals surface area contributed by atoms with Gasteiger partial charge in [0, 0.05) is 29.6 Å². The average Bonchev–Trinajstić information content (AvgIpc) is 3.07. The van der Waals surface area contributed by atoms with Crippen LogP contribution in [-0.2, 0) is 14.3 Å². The maximum Gasteiger partial charge on any atom is 0.601 e. The van der Waals surface area contributed by atoms with Crippen molar-refractivity contribution in [3.63, 3.8) is 0 Å². The minimum Gasteiger partial charge on any atom is -0.469 e. The van der Waals surface area contributed by atoms with E-state index in [2.05, 4.69) is 11.9 Å². The van der Waals surface area contributed by atoms with Crippen LogP contribution in [0.4, 0.5) is 4.79 Å². The second-order valence-electron chi connectivity index (χ2n) is 6.20. The van der Waals surface area contributed by atoms with Crippen LogP contribution in [0.15, 0.2) is 24.5 Å². The molecule has 0 radical (unpaired) electrons. The molecule has 2 fully saturated rings. The van der Waals surface area contributed by atoms with Gasteiger partial charge in [-0.25, -0.2) is 0 Å². The van der Waals surface area contributed by atoms with Gasteiger partial charge in [0.2, 0.25) is 0 Å². The largest absolute Gasteiger partial charge is 0.601 e. The molecule has 4 unspecified atom stereocenters. The third kappa shape index (κ3) is 2.61. The van der Waals surface area contributed by atoms with E-state index in [0.29, 0.717) is 12.6 Å². The number of carbonyl (C=O) groups excluding carboxylic acids is 2. The number of nitrogens with zero attached hydrogens (tertiary/aromatic N) is 2. The van der Waals surface area contributed by atoms with Gasteiger partial charge in [-0.2, -0.15) is 4.79 Å². The molecule has 0 aromatic carbocycles. The molecule has 3 rings (SSSR count). The van der Waals surface area contributed by atoms with Crippen LogP contribution >= 0.6 is 0 Å². The number of likely N-dealkylation sites (N-methyl/N-ethyl adjacent to an activating group) is 1. The molecule has 6 heteroatoms. The van der Waals surface area contributed by atoms with Crippen LogP contribution in [0.1, 0.15) is 31.2 Å². The Hall–Kier alpha value is -1.95. The van der Waals surface area contributed by atoms with Crippen molar-refractivity contribution in [1.29, 1.82) is 0 Å². The van der Waals surface area contributed by atoms with Gasteiger partial charge in [0.15, 0.2) is 12.4 Å². The first-order chi connectivity index (χ1) is 11.1. The quantitative estimate of drug-likeness (QED) is 0.621. The molecule has 0 saturated carbocycles. The van der Waals surface area contributed by atoms with Gasteiger partial charge in [-0.05, 0) is 32.9 Å². The lowest BCUT2D eigenvalue weighted by Gasteiger charge is -2.26. The Morgan fingerprint density at radius 2 is 2.09 bits per heavy atom. The third-order valence-corrected chi connectivity index (χ3v) is 5.18. The topological polar surface area (TPSA) is 59.7 Å². The first kappa shape index (κ1) is 15.9. The highest BCUT2D eigenvalue weighted by Gasteiger charge is 2.55. The highest BCUT2D eigenvalue weighted by atomic mass is 16.5. The van der Waals surface area contributed by atoms with E-state index < -0.39 is 6.09 Å². The number of hydrogen-bond donors (Lipinski definition) is 0. The number of fused-ring (bicyclic) bond motifs is 2. The summed E-state index contributed by atoms with van der Waals surface area (Å²) >= 11 is 0. The smallest absolute Gasteiger partial charge is 0.469 e. The fourth-order valence-corrected chi connectivity index (χ4v) is 4.21. The van der Waals surface area contributed by atoms with Gasteiger partial charge < -0.3 is 9.47 Å². The number of hydrogen-bond acceptors (Lipinski definition) is 5. The Morgan fingerprint density at radius 3 is 2.78 bits per heavy atom. The van der Waals surface area contributed by atoms with Crippen LogP contribution in [0.3, 0.4) is 0 Å². The zero-order chi connectivity index (χ0) is 16.6. The van der Waals surface area contributed by atoms with Crippen molar-refractivity contribution in [2.75, 3.05) is 20.8 Å². The molecule has 6 nitrogen and oxygen atoms in total. The summed E-state index contributed by atoms with van der Waals surface area (Å²) < 4.78 is 11.5. The van der Waals surface area contributed by atoms with E-state index in [-0.39, 0.29) is 23.8 Å². The molecular formula is C17H23N2O4+. The minimum absolute atomic E-state index is 0.0491. The van der Waals surface area contributed by atoms with Gasteiger partial charge in [-0.15, -0.1) is 0 Å². The summed E-state index contributed by atoms with van der Waals surface area (Å²) in [6.45, 7) is 2.11. The maximum absolute atomic E-state index is 12.3. The number of methoxy groups -OCH3 is 1. The number of esters is 1. The Kier molecular flexibility index (Phi) is 4.35. The Balaban J connectivity index is 1.94. The standard InChI is InChI=1S/C17H23N2O4/c1-4-23-17(21)19-9-5-6-11(10-19)14-12-7-8-13(18(12)2)15(14)16(20)22-3/h5-6,9-10,12-15H,4,7-8H2,1-3H3/q+1. The highest BCUT2D eigenvalue weighted by molar-refractivity contribution is 5.75. The zero-order valence-corrected chi connectivity index (χ0v) is 13.8. The summed E-state index contributed by atoms with van der Waals surface area (Å²) in [6, 6.07) is 4.33. The number of ether oxygens (including phenoxy) is 2. The highest BCUT2D eigenvalue weighted by Crippen LogP contribution is 2.50. The monoisotopic (exact) mass is 319 g/mol. The molecule has 2 bridgehead atoms. The molecule has 124 valence electrons. The summed E-state index contributed by atoms with van der Waals surface area (Å²) in [4.78, 5) is 26.5. The first-order valence-electron chi connectivity index (χ1n) is 8.06. The molecule has 4 atom stereocenters. The second-order valence-corrected chi connectivity index (χ2v) is 6.20. The van der Waals surface area contributed by atoms with E-state index in [1.165, 1.54) is 11.7 Å². The molecule has 0 spiro atoms. The van der Waals surface area contributed by atoms with E-state index in [4.69, 9.17) is 9.47 Å². The lowest BCUT2D eigenvalue weighted by Crippen LogP contribution is -2.44. The van der Waals surface area contributed by atoms with Crippen molar-refractivity contribution in [3.8, 4) is 0 Å². The SMILES string of the molecule is CCOC(=O)[n+]1cccc(C2C(C(=O)OC)C3CCC2N3C)c1. The third-order valence-electron chi connectivity index (χ3n) is 5.18. The van der Waals surface area contributed by atoms with Crippen LogP contribution in [0, 0.1) is 5.92 Å². The van der Waals surface area contributed by atoms with Gasteiger partial charge >= 0.3 is 12.1 Å². The summed E-state index contributed by atoms with van der Waals surface area (Å²) in [5, 5.41) is 0. The molecule has 2 saturated heterocycles. The maximum atomic E-state index is 12.3. The Morgan fingerprint density at radius 1 is 1.35 bits per heavy atom. The fraction of sp³-hybridized carbons (Fsp3) is 0.588. The Labute approximate surface area is 136 Å². The zero-order valence-electron chi connectivity index (χ0n) is 13.8. The van der Waals surface area contributed by atoms with E-state index >= 15 is 0 Å². The van der Waals surface area contributed by atoms with Crippen molar-refractivity contribution in [1.82, 2.24) is 4.90 Å². The van der Waals surface area contributed by atoms with E-state index in [0.717, 1.165) is 18.4 Å². The summed E-state index contributed by atoms with van der Waals surface area (Å²) in [5.74, 6) is -0.296. The lowest BCUT2D eigenvalue weighted by atomic mass is 9.76. The number of carbonyl (C=O) groups is 2. The molecule has 1 aromatic rings. The molecule has 2 aliphatic heterocycles. The predicted molar refractivity (Wildman–Crippen MR) is 81.9 cm³/mol. The van der Waals surface area contributed by atoms with Gasteiger partial charge in [-0.1, -0.05) is 4.57 Å². The summed E-state index contributed by atoms with van der Waals surface area (Å²) in [5.41, 5.74) is 0.981. The van der Waals surface area contributed by atoms with Crippen LogP contribution in [0.5, 0.6) is 0 Å². The normalized spacial score (nSPS) is 29.5. The van der Waals surface area contributed by atoms with Crippen LogP contribution in [-0.4, -0.2) is 49.8 Å². The molecule has 0 aliphatic carbocycles. The van der Waals surface area contributed by atoms with Crippen molar-refractivity contribution in [2.24, 2.45) is 5.92 Å². The predicted octanol–water partition coefficient (Wildman–Crippen LogP) is 1.33. The molecule has 0 amide bonds. The minimum atomic E-state index is -0.402. The molecule has 2 aliphatic rings. The number of aromatic nitrogens is 1. The van der Waals surface area contributed by atoms with Crippen LogP contribution in [0.25, 0.3) is 0 Å². The lowest BCUT2D eigenvalue weighted by molar-refractivity contribution is -0.586. The Bertz CT molecular complexity index is 618. The second kappa shape index (κ2) is 6.28. The van der Waals surface area contributed by atoms with E-state index in [9.17, 15) is 9.59 Å².